The molecule has 0 bridgehead atoms. The van der Waals surface area contributed by atoms with Gasteiger partial charge in [-0.2, -0.15) is 0 Å². The van der Waals surface area contributed by atoms with Gasteiger partial charge in [-0.3, -0.25) is 0 Å². The lowest BCUT2D eigenvalue weighted by Gasteiger charge is -2.07. The van der Waals surface area contributed by atoms with Crippen LogP contribution in [0.25, 0.3) is 5.65 Å². The van der Waals surface area contributed by atoms with Gasteiger partial charge in [0.25, 0.3) is 0 Å². The first-order chi connectivity index (χ1) is 8.22. The van der Waals surface area contributed by atoms with Gasteiger partial charge >= 0.3 is 7.12 Å². The highest BCUT2D eigenvalue weighted by atomic mass is 16.4. The van der Waals surface area contributed by atoms with Gasteiger partial charge in [-0.1, -0.05) is 12.1 Å². The van der Waals surface area contributed by atoms with Gasteiger partial charge in [0.2, 0.25) is 0 Å². The molecule has 0 spiro atoms. The van der Waals surface area contributed by atoms with Gasteiger partial charge in [-0.05, 0) is 30.3 Å². The van der Waals surface area contributed by atoms with E-state index in [1.165, 1.54) is 0 Å². The molecule has 2 aromatic rings. The van der Waals surface area contributed by atoms with Crippen molar-refractivity contribution >= 4 is 18.2 Å². The van der Waals surface area contributed by atoms with E-state index >= 15 is 0 Å². The van der Waals surface area contributed by atoms with E-state index in [1.807, 2.05) is 10.5 Å². The lowest BCUT2D eigenvalue weighted by molar-refractivity contribution is 0.425. The number of pyridine rings is 1. The zero-order valence-electron chi connectivity index (χ0n) is 9.58. The van der Waals surface area contributed by atoms with E-state index in [0.717, 1.165) is 30.5 Å². The number of hydrogen-bond acceptors (Lipinski definition) is 3. The highest BCUT2D eigenvalue weighted by Gasteiger charge is 2.14. The van der Waals surface area contributed by atoms with E-state index in [0.29, 0.717) is 5.46 Å². The molecule has 0 radical (unpaired) electrons. The van der Waals surface area contributed by atoms with Crippen LogP contribution >= 0.6 is 0 Å². The monoisotopic (exact) mass is 230 g/mol. The second-order valence-corrected chi connectivity index (χ2v) is 4.01. The second-order valence-electron chi connectivity index (χ2n) is 4.01. The predicted molar refractivity (Wildman–Crippen MR) is 68.2 cm³/mol. The van der Waals surface area contributed by atoms with Crippen molar-refractivity contribution in [2.75, 3.05) is 0 Å². The fourth-order valence-corrected chi connectivity index (χ4v) is 1.89. The maximum Gasteiger partial charge on any atom is 0.489 e. The van der Waals surface area contributed by atoms with Gasteiger partial charge in [0, 0.05) is 18.6 Å². The molecule has 0 atom stereocenters. The summed E-state index contributed by atoms with van der Waals surface area (Å²) >= 11 is 0. The molecule has 0 unspecified atom stereocenters. The van der Waals surface area contributed by atoms with Crippen LogP contribution in [-0.4, -0.2) is 26.6 Å². The third kappa shape index (κ3) is 2.57. The van der Waals surface area contributed by atoms with Gasteiger partial charge in [0.15, 0.2) is 0 Å². The van der Waals surface area contributed by atoms with Crippen molar-refractivity contribution in [2.45, 2.75) is 19.3 Å². The largest absolute Gasteiger partial charge is 0.489 e. The van der Waals surface area contributed by atoms with E-state index < -0.39 is 7.12 Å². The number of fused-ring (bicyclic) bond motifs is 1. The Bertz CT molecular complexity index is 522. The zero-order chi connectivity index (χ0) is 12.3. The first kappa shape index (κ1) is 11.9. The fourth-order valence-electron chi connectivity index (χ4n) is 1.89. The van der Waals surface area contributed by atoms with Crippen molar-refractivity contribution in [2.24, 2.45) is 0 Å². The van der Waals surface area contributed by atoms with E-state index in [-0.39, 0.29) is 0 Å². The van der Waals surface area contributed by atoms with E-state index in [1.54, 1.807) is 24.7 Å². The molecule has 4 nitrogen and oxygen atoms in total. The van der Waals surface area contributed by atoms with E-state index in [2.05, 4.69) is 11.6 Å². The first-order valence-electron chi connectivity index (χ1n) is 5.65. The van der Waals surface area contributed by atoms with Gasteiger partial charge < -0.3 is 14.4 Å². The quantitative estimate of drug-likeness (QED) is 0.447. The van der Waals surface area contributed by atoms with Gasteiger partial charge in [-0.15, -0.1) is 6.58 Å². The van der Waals surface area contributed by atoms with Crippen LogP contribution in [0.4, 0.5) is 0 Å². The average Bonchev–Trinajstić information content (AvgIpc) is 2.77. The molecule has 0 aliphatic heterocycles. The first-order valence-corrected chi connectivity index (χ1v) is 5.65. The van der Waals surface area contributed by atoms with Crippen LogP contribution in [0.5, 0.6) is 0 Å². The normalized spacial score (nSPS) is 10.7. The summed E-state index contributed by atoms with van der Waals surface area (Å²) < 4.78 is 1.82. The molecule has 2 aromatic heterocycles. The molecule has 17 heavy (non-hydrogen) atoms. The Labute approximate surface area is 100 Å². The van der Waals surface area contributed by atoms with Crippen LogP contribution < -0.4 is 5.46 Å². The molecule has 0 saturated heterocycles. The summed E-state index contributed by atoms with van der Waals surface area (Å²) in [6, 6.07) is 1.80. The van der Waals surface area contributed by atoms with Crippen molar-refractivity contribution in [1.29, 1.82) is 0 Å². The molecule has 88 valence electrons. The summed E-state index contributed by atoms with van der Waals surface area (Å²) in [5, 5.41) is 18.4. The van der Waals surface area contributed by atoms with Gasteiger partial charge in [0.1, 0.15) is 5.65 Å². The third-order valence-electron chi connectivity index (χ3n) is 2.74. The summed E-state index contributed by atoms with van der Waals surface area (Å²) in [4.78, 5) is 4.27. The molecule has 0 fully saturated rings. The zero-order valence-corrected chi connectivity index (χ0v) is 9.58. The maximum atomic E-state index is 9.22. The van der Waals surface area contributed by atoms with Crippen molar-refractivity contribution in [3.05, 3.63) is 42.9 Å². The number of hydrogen-bond donors (Lipinski definition) is 2. The van der Waals surface area contributed by atoms with Crippen LogP contribution in [0, 0.1) is 0 Å². The van der Waals surface area contributed by atoms with E-state index in [4.69, 9.17) is 0 Å². The minimum Gasteiger partial charge on any atom is -0.423 e. The lowest BCUT2D eigenvalue weighted by Crippen LogP contribution is -2.31. The standard InChI is InChI=1S/C12H15BN2O2/c1-2-3-4-5-10-8-11(13(16)17)9-15-7-6-14-12(10)15/h2,6-9,16-17H,1,3-5H2. The molecule has 0 amide bonds. The Balaban J connectivity index is 2.36. The highest BCUT2D eigenvalue weighted by molar-refractivity contribution is 6.58. The number of nitrogens with zero attached hydrogens (tertiary/aromatic N) is 2. The second kappa shape index (κ2) is 5.16. The number of unbranched alkanes of at least 4 members (excludes halogenated alkanes) is 1. The van der Waals surface area contributed by atoms with Gasteiger partial charge in [0.05, 0.1) is 0 Å². The van der Waals surface area contributed by atoms with E-state index in [9.17, 15) is 10.0 Å². The average molecular weight is 230 g/mol. The van der Waals surface area contributed by atoms with Crippen LogP contribution in [0.3, 0.4) is 0 Å². The third-order valence-corrected chi connectivity index (χ3v) is 2.74. The summed E-state index contributed by atoms with van der Waals surface area (Å²) in [5.74, 6) is 0. The molecule has 2 N–H and O–H groups in total. The summed E-state index contributed by atoms with van der Waals surface area (Å²) in [6.45, 7) is 3.69. The molecular formula is C12H15BN2O2. The molecule has 5 heteroatoms. The van der Waals surface area contributed by atoms with Crippen molar-refractivity contribution in [1.82, 2.24) is 9.38 Å². The molecule has 0 aliphatic rings. The fraction of sp³-hybridized carbons (Fsp3) is 0.250. The van der Waals surface area contributed by atoms with Gasteiger partial charge in [-0.25, -0.2) is 4.98 Å². The number of aromatic nitrogens is 2. The minimum absolute atomic E-state index is 0.490. The number of aryl methyl sites for hydroxylation is 1. The Morgan fingerprint density at radius 2 is 2.29 bits per heavy atom. The minimum atomic E-state index is -1.44. The smallest absolute Gasteiger partial charge is 0.423 e. The van der Waals surface area contributed by atoms with Crippen LogP contribution in [0.15, 0.2) is 37.3 Å². The van der Waals surface area contributed by atoms with Crippen LogP contribution in [-0.2, 0) is 6.42 Å². The summed E-state index contributed by atoms with van der Waals surface area (Å²) in [6.07, 6.45) is 9.86. The maximum absolute atomic E-state index is 9.22. The molecule has 2 rings (SSSR count). The topological polar surface area (TPSA) is 57.8 Å². The Kier molecular flexibility index (Phi) is 3.61. The van der Waals surface area contributed by atoms with Crippen molar-refractivity contribution < 1.29 is 10.0 Å². The molecule has 2 heterocycles. The molecule has 0 aliphatic carbocycles. The Morgan fingerprint density at radius 3 is 3.00 bits per heavy atom. The SMILES string of the molecule is C=CCCCc1cc(B(O)O)cn2ccnc12. The molecular weight excluding hydrogens is 215 g/mol. The van der Waals surface area contributed by atoms with Crippen molar-refractivity contribution in [3.8, 4) is 0 Å². The highest BCUT2D eigenvalue weighted by Crippen LogP contribution is 2.11. The number of imidazole rings is 1. The summed E-state index contributed by atoms with van der Waals surface area (Å²) in [5.41, 5.74) is 2.39. The molecule has 0 saturated carbocycles. The van der Waals surface area contributed by atoms with Crippen molar-refractivity contribution in [3.63, 3.8) is 0 Å². The van der Waals surface area contributed by atoms with Crippen LogP contribution in [0.2, 0.25) is 0 Å². The number of allylic oxidation sites excluding steroid dienone is 1. The predicted octanol–water partition coefficient (Wildman–Crippen LogP) is 0.523. The Morgan fingerprint density at radius 1 is 1.47 bits per heavy atom. The number of rotatable bonds is 5. The summed E-state index contributed by atoms with van der Waals surface area (Å²) in [7, 11) is -1.44. The van der Waals surface area contributed by atoms with Crippen LogP contribution in [0.1, 0.15) is 18.4 Å². The lowest BCUT2D eigenvalue weighted by atomic mass is 9.80. The molecule has 0 aromatic carbocycles. The Hall–Kier alpha value is -1.59.